The molecule has 1 unspecified atom stereocenters. The lowest BCUT2D eigenvalue weighted by Gasteiger charge is -2.12. The first kappa shape index (κ1) is 17.1. The van der Waals surface area contributed by atoms with E-state index in [4.69, 9.17) is 23.2 Å². The predicted octanol–water partition coefficient (Wildman–Crippen LogP) is 2.23. The van der Waals surface area contributed by atoms with Crippen molar-refractivity contribution in [3.8, 4) is 5.82 Å². The molecule has 1 atom stereocenters. The van der Waals surface area contributed by atoms with Crippen LogP contribution in [-0.4, -0.2) is 37.6 Å². The number of carbonyl (C=O) groups is 2. The Bertz CT molecular complexity index is 776. The van der Waals surface area contributed by atoms with Crippen LogP contribution < -0.4 is 10.9 Å². The van der Waals surface area contributed by atoms with E-state index in [1.165, 1.54) is 16.9 Å². The molecule has 7 nitrogen and oxygen atoms in total. The zero-order chi connectivity index (χ0) is 17.1. The molecule has 1 aliphatic heterocycles. The predicted molar refractivity (Wildman–Crippen MR) is 92.5 cm³/mol. The molecule has 0 spiro atoms. The van der Waals surface area contributed by atoms with Crippen molar-refractivity contribution in [3.63, 3.8) is 0 Å². The van der Waals surface area contributed by atoms with Crippen LogP contribution in [0.15, 0.2) is 24.4 Å². The maximum absolute atomic E-state index is 12.4. The van der Waals surface area contributed by atoms with E-state index in [1.54, 1.807) is 23.9 Å². The second kappa shape index (κ2) is 7.42. The first-order valence-corrected chi connectivity index (χ1v) is 8.95. The number of amides is 2. The molecule has 1 fully saturated rings. The van der Waals surface area contributed by atoms with Crippen molar-refractivity contribution in [2.45, 2.75) is 18.1 Å². The molecule has 24 heavy (non-hydrogen) atoms. The minimum Gasteiger partial charge on any atom is -0.272 e. The lowest BCUT2D eigenvalue weighted by molar-refractivity contribution is -0.121. The van der Waals surface area contributed by atoms with Crippen molar-refractivity contribution in [1.82, 2.24) is 25.6 Å². The van der Waals surface area contributed by atoms with Crippen LogP contribution in [0.3, 0.4) is 0 Å². The van der Waals surface area contributed by atoms with Crippen LogP contribution in [0.1, 0.15) is 23.3 Å². The number of aromatic nitrogens is 3. The zero-order valence-electron chi connectivity index (χ0n) is 12.3. The molecular formula is C14H13Cl2N5O2S. The molecule has 0 aromatic carbocycles. The Kier molecular flexibility index (Phi) is 5.27. The molecule has 2 N–H and O–H groups in total. The second-order valence-corrected chi connectivity index (χ2v) is 7.12. The maximum Gasteiger partial charge on any atom is 0.288 e. The van der Waals surface area contributed by atoms with Crippen molar-refractivity contribution < 1.29 is 9.59 Å². The van der Waals surface area contributed by atoms with Crippen LogP contribution in [0.4, 0.5) is 0 Å². The molecular weight excluding hydrogens is 373 g/mol. The van der Waals surface area contributed by atoms with Gasteiger partial charge in [0, 0.05) is 12.3 Å². The largest absolute Gasteiger partial charge is 0.288 e. The number of nitrogens with one attached hydrogen (secondary N) is 2. The fourth-order valence-corrected chi connectivity index (χ4v) is 3.80. The molecule has 1 aliphatic rings. The van der Waals surface area contributed by atoms with Gasteiger partial charge in [0.05, 0.1) is 10.3 Å². The summed E-state index contributed by atoms with van der Waals surface area (Å²) in [4.78, 5) is 28.4. The molecule has 126 valence electrons. The van der Waals surface area contributed by atoms with Gasteiger partial charge in [-0.25, -0.2) is 9.67 Å². The maximum atomic E-state index is 12.4. The normalized spacial score (nSPS) is 16.8. The van der Waals surface area contributed by atoms with Crippen LogP contribution >= 0.6 is 35.0 Å². The minimum absolute atomic E-state index is 0.111. The van der Waals surface area contributed by atoms with Gasteiger partial charge in [0.25, 0.3) is 11.8 Å². The number of nitrogens with zero attached hydrogens (tertiary/aromatic N) is 3. The van der Waals surface area contributed by atoms with Gasteiger partial charge in [-0.15, -0.1) is 11.8 Å². The minimum atomic E-state index is -0.563. The molecule has 2 aromatic heterocycles. The van der Waals surface area contributed by atoms with Crippen molar-refractivity contribution in [1.29, 1.82) is 0 Å². The van der Waals surface area contributed by atoms with Crippen LogP contribution in [0.25, 0.3) is 5.82 Å². The van der Waals surface area contributed by atoms with Gasteiger partial charge in [-0.05, 0) is 30.7 Å². The Morgan fingerprint density at radius 2 is 2.17 bits per heavy atom. The van der Waals surface area contributed by atoms with Gasteiger partial charge in [-0.3, -0.25) is 20.4 Å². The average Bonchev–Trinajstić information content (AvgIpc) is 3.22. The molecule has 0 bridgehead atoms. The quantitative estimate of drug-likeness (QED) is 0.790. The van der Waals surface area contributed by atoms with Gasteiger partial charge >= 0.3 is 0 Å². The summed E-state index contributed by atoms with van der Waals surface area (Å²) < 4.78 is 1.23. The molecule has 3 heterocycles. The van der Waals surface area contributed by atoms with E-state index >= 15 is 0 Å². The summed E-state index contributed by atoms with van der Waals surface area (Å²) in [5.41, 5.74) is 4.92. The summed E-state index contributed by atoms with van der Waals surface area (Å²) >= 11 is 13.6. The summed E-state index contributed by atoms with van der Waals surface area (Å²) in [6.07, 6.45) is 3.33. The van der Waals surface area contributed by atoms with Crippen molar-refractivity contribution >= 4 is 46.8 Å². The number of hydrogen-bond acceptors (Lipinski definition) is 5. The first-order valence-electron chi connectivity index (χ1n) is 7.14. The number of carbonyl (C=O) groups excluding carboxylic acids is 2. The Labute approximate surface area is 152 Å². The van der Waals surface area contributed by atoms with Gasteiger partial charge in [-0.2, -0.15) is 5.10 Å². The Morgan fingerprint density at radius 3 is 2.88 bits per heavy atom. The highest BCUT2D eigenvalue weighted by atomic mass is 35.5. The van der Waals surface area contributed by atoms with Crippen LogP contribution in [0.2, 0.25) is 10.2 Å². The third-order valence-corrected chi connectivity index (χ3v) is 5.23. The SMILES string of the molecule is O=C(NNC(=O)C1CCCS1)c1cc(Cl)nn1-c1ncccc1Cl. The van der Waals surface area contributed by atoms with E-state index < -0.39 is 5.91 Å². The standard InChI is InChI=1S/C14H13Cl2N5O2S/c15-8-3-1-5-17-12(8)21-9(7-11(16)20-21)13(22)18-19-14(23)10-4-2-6-24-10/h1,3,5,7,10H,2,4,6H2,(H,18,22)(H,19,23). The van der Waals surface area contributed by atoms with E-state index in [9.17, 15) is 9.59 Å². The molecule has 2 amide bonds. The third-order valence-electron chi connectivity index (χ3n) is 3.37. The number of rotatable bonds is 3. The zero-order valence-corrected chi connectivity index (χ0v) is 14.7. The van der Waals surface area contributed by atoms with Gasteiger partial charge in [0.1, 0.15) is 5.69 Å². The summed E-state index contributed by atoms with van der Waals surface area (Å²) in [6, 6.07) is 4.66. The summed E-state index contributed by atoms with van der Waals surface area (Å²) in [5.74, 6) is 0.437. The molecule has 3 rings (SSSR count). The van der Waals surface area contributed by atoms with Gasteiger partial charge < -0.3 is 0 Å². The summed E-state index contributed by atoms with van der Waals surface area (Å²) in [5, 5.41) is 4.32. The summed E-state index contributed by atoms with van der Waals surface area (Å²) in [7, 11) is 0. The average molecular weight is 386 g/mol. The van der Waals surface area contributed by atoms with Gasteiger partial charge in [-0.1, -0.05) is 23.2 Å². The monoisotopic (exact) mass is 385 g/mol. The molecule has 0 radical (unpaired) electrons. The van der Waals surface area contributed by atoms with Crippen LogP contribution in [0, 0.1) is 0 Å². The van der Waals surface area contributed by atoms with Crippen molar-refractivity contribution in [2.24, 2.45) is 0 Å². The lowest BCUT2D eigenvalue weighted by atomic mass is 10.2. The number of hydrazine groups is 1. The molecule has 2 aromatic rings. The highest BCUT2D eigenvalue weighted by Gasteiger charge is 2.24. The Morgan fingerprint density at radius 1 is 1.33 bits per heavy atom. The molecule has 10 heteroatoms. The second-order valence-electron chi connectivity index (χ2n) is 5.02. The van der Waals surface area contributed by atoms with Gasteiger partial charge in [0.15, 0.2) is 11.0 Å². The highest BCUT2D eigenvalue weighted by molar-refractivity contribution is 8.00. The van der Waals surface area contributed by atoms with E-state index in [-0.39, 0.29) is 27.8 Å². The van der Waals surface area contributed by atoms with Crippen LogP contribution in [-0.2, 0) is 4.79 Å². The third kappa shape index (κ3) is 3.66. The number of hydrogen-bond donors (Lipinski definition) is 2. The number of thioether (sulfide) groups is 1. The van der Waals surface area contributed by atoms with Gasteiger partial charge in [0.2, 0.25) is 0 Å². The van der Waals surface area contributed by atoms with E-state index in [0.717, 1.165) is 18.6 Å². The van der Waals surface area contributed by atoms with Crippen molar-refractivity contribution in [2.75, 3.05) is 5.75 Å². The fourth-order valence-electron chi connectivity index (χ4n) is 2.26. The highest BCUT2D eigenvalue weighted by Crippen LogP contribution is 2.26. The van der Waals surface area contributed by atoms with Crippen LogP contribution in [0.5, 0.6) is 0 Å². The number of halogens is 2. The lowest BCUT2D eigenvalue weighted by Crippen LogP contribution is -2.45. The molecule has 0 saturated carbocycles. The Hall–Kier alpha value is -1.77. The number of pyridine rings is 1. The molecule has 0 aliphatic carbocycles. The van der Waals surface area contributed by atoms with Crippen molar-refractivity contribution in [3.05, 3.63) is 40.3 Å². The molecule has 1 saturated heterocycles. The van der Waals surface area contributed by atoms with E-state index in [0.29, 0.717) is 5.02 Å². The van der Waals surface area contributed by atoms with E-state index in [1.807, 2.05) is 0 Å². The topological polar surface area (TPSA) is 88.9 Å². The fraction of sp³-hybridized carbons (Fsp3) is 0.286. The summed E-state index contributed by atoms with van der Waals surface area (Å²) in [6.45, 7) is 0. The first-order chi connectivity index (χ1) is 11.6. The van der Waals surface area contributed by atoms with E-state index in [2.05, 4.69) is 20.9 Å². The smallest absolute Gasteiger partial charge is 0.272 e. The Balaban J connectivity index is 1.76.